The lowest BCUT2D eigenvalue weighted by Crippen LogP contribution is -2.17. The van der Waals surface area contributed by atoms with Crippen molar-refractivity contribution in [3.63, 3.8) is 0 Å². The van der Waals surface area contributed by atoms with E-state index >= 15 is 0 Å². The third kappa shape index (κ3) is 0.367. The molecule has 4 fully saturated rings. The van der Waals surface area contributed by atoms with Crippen LogP contribution in [-0.4, -0.2) is 0 Å². The molecule has 4 aliphatic carbocycles. The fourth-order valence-corrected chi connectivity index (χ4v) is 3.57. The molecule has 0 aromatic heterocycles. The summed E-state index contributed by atoms with van der Waals surface area (Å²) in [5.41, 5.74) is 0.870. The van der Waals surface area contributed by atoms with Crippen LogP contribution in [0.2, 0.25) is 0 Å². The van der Waals surface area contributed by atoms with E-state index in [1.165, 1.54) is 17.8 Å². The normalized spacial score (nSPS) is 68.3. The van der Waals surface area contributed by atoms with Gasteiger partial charge in [-0.2, -0.15) is 0 Å². The van der Waals surface area contributed by atoms with E-state index in [1.54, 1.807) is 25.7 Å². The largest absolute Gasteiger partial charge is 0.0591 e. The number of rotatable bonds is 0. The van der Waals surface area contributed by atoms with Gasteiger partial charge in [-0.05, 0) is 48.9 Å². The molecule has 0 aliphatic heterocycles. The maximum absolute atomic E-state index is 2.51. The molecule has 9 heavy (non-hydrogen) atoms. The topological polar surface area (TPSA) is 0 Å². The van der Waals surface area contributed by atoms with Crippen molar-refractivity contribution >= 4 is 0 Å². The zero-order valence-electron chi connectivity index (χ0n) is 6.06. The van der Waals surface area contributed by atoms with Crippen molar-refractivity contribution in [1.82, 2.24) is 0 Å². The maximum Gasteiger partial charge on any atom is -0.0263 e. The molecule has 0 aromatic rings. The van der Waals surface area contributed by atoms with Gasteiger partial charge in [-0.25, -0.2) is 0 Å². The molecule has 4 saturated carbocycles. The second kappa shape index (κ2) is 1.09. The van der Waals surface area contributed by atoms with Crippen molar-refractivity contribution in [3.05, 3.63) is 0 Å². The molecule has 0 heteroatoms. The third-order valence-electron chi connectivity index (χ3n) is 4.34. The van der Waals surface area contributed by atoms with Crippen molar-refractivity contribution in [2.24, 2.45) is 23.2 Å². The van der Waals surface area contributed by atoms with Crippen LogP contribution in [0.5, 0.6) is 0 Å². The van der Waals surface area contributed by atoms with E-state index in [9.17, 15) is 0 Å². The van der Waals surface area contributed by atoms with Gasteiger partial charge in [-0.15, -0.1) is 0 Å². The average Bonchev–Trinajstić information content (AvgIpc) is 2.33. The minimum absolute atomic E-state index is 0.870. The fourth-order valence-electron chi connectivity index (χ4n) is 3.57. The summed E-state index contributed by atoms with van der Waals surface area (Å²) in [5.74, 6) is 3.55. The number of fused-ring (bicyclic) bond motifs is 1. The lowest BCUT2D eigenvalue weighted by molar-refractivity contribution is 0.232. The highest BCUT2D eigenvalue weighted by Gasteiger charge is 2.67. The van der Waals surface area contributed by atoms with E-state index in [2.05, 4.69) is 6.92 Å². The van der Waals surface area contributed by atoms with Gasteiger partial charge in [-0.3, -0.25) is 0 Å². The molecule has 0 heterocycles. The van der Waals surface area contributed by atoms with Crippen LogP contribution in [0.3, 0.4) is 0 Å². The van der Waals surface area contributed by atoms with Gasteiger partial charge in [0, 0.05) is 0 Å². The molecule has 0 nitrogen and oxygen atoms in total. The van der Waals surface area contributed by atoms with Crippen LogP contribution in [0, 0.1) is 23.2 Å². The third-order valence-corrected chi connectivity index (χ3v) is 4.34. The standard InChI is InChI=1S/C9H14/c1-9-3-2-6-4-7(9)8(9)5-6/h6-8H,2-5H2,1H3/t6?,7-,8?,9?/m0/s1. The van der Waals surface area contributed by atoms with Crippen molar-refractivity contribution in [2.45, 2.75) is 32.6 Å². The average molecular weight is 122 g/mol. The van der Waals surface area contributed by atoms with E-state index in [0.717, 1.165) is 5.41 Å². The SMILES string of the molecule is CC12CCC3CC1[C@@H]2C3. The summed E-state index contributed by atoms with van der Waals surface area (Å²) in [5, 5.41) is 0. The van der Waals surface area contributed by atoms with Gasteiger partial charge >= 0.3 is 0 Å². The highest BCUT2D eigenvalue weighted by molar-refractivity contribution is 5.16. The quantitative estimate of drug-likeness (QED) is 0.463. The van der Waals surface area contributed by atoms with Crippen LogP contribution in [0.1, 0.15) is 32.6 Å². The summed E-state index contributed by atoms with van der Waals surface area (Å²) in [6.45, 7) is 2.51. The molecule has 4 rings (SSSR count). The molecule has 50 valence electrons. The predicted molar refractivity (Wildman–Crippen MR) is 37.0 cm³/mol. The molecule has 4 aliphatic rings. The van der Waals surface area contributed by atoms with Crippen LogP contribution in [0.25, 0.3) is 0 Å². The molecule has 4 bridgehead atoms. The van der Waals surface area contributed by atoms with Gasteiger partial charge in [0.25, 0.3) is 0 Å². The second-order valence-electron chi connectivity index (χ2n) is 4.59. The lowest BCUT2D eigenvalue weighted by Gasteiger charge is -2.27. The summed E-state index contributed by atoms with van der Waals surface area (Å²) in [7, 11) is 0. The van der Waals surface area contributed by atoms with Gasteiger partial charge in [-0.1, -0.05) is 6.92 Å². The van der Waals surface area contributed by atoms with Gasteiger partial charge in [0.1, 0.15) is 0 Å². The Hall–Kier alpha value is 0. The Bertz CT molecular complexity index is 147. The lowest BCUT2D eigenvalue weighted by atomic mass is 9.78. The van der Waals surface area contributed by atoms with E-state index in [-0.39, 0.29) is 0 Å². The van der Waals surface area contributed by atoms with Crippen LogP contribution >= 0.6 is 0 Å². The van der Waals surface area contributed by atoms with Gasteiger partial charge in [0.15, 0.2) is 0 Å². The Morgan fingerprint density at radius 2 is 1.89 bits per heavy atom. The molecule has 0 spiro atoms. The Morgan fingerprint density at radius 3 is 2.22 bits per heavy atom. The molecule has 0 N–H and O–H groups in total. The van der Waals surface area contributed by atoms with Crippen LogP contribution < -0.4 is 0 Å². The van der Waals surface area contributed by atoms with E-state index in [4.69, 9.17) is 0 Å². The molecule has 0 aromatic carbocycles. The Labute approximate surface area is 56.6 Å². The van der Waals surface area contributed by atoms with Crippen molar-refractivity contribution in [3.8, 4) is 0 Å². The summed E-state index contributed by atoms with van der Waals surface area (Å²) < 4.78 is 0. The molecular formula is C9H14. The van der Waals surface area contributed by atoms with E-state index in [1.807, 2.05) is 0 Å². The highest BCUT2D eigenvalue weighted by atomic mass is 14.7. The summed E-state index contributed by atoms with van der Waals surface area (Å²) in [6.07, 6.45) is 6.32. The van der Waals surface area contributed by atoms with Crippen LogP contribution in [-0.2, 0) is 0 Å². The minimum atomic E-state index is 0.870. The first-order valence-electron chi connectivity index (χ1n) is 4.31. The smallest absolute Gasteiger partial charge is 0.0263 e. The zero-order valence-corrected chi connectivity index (χ0v) is 6.06. The zero-order chi connectivity index (χ0) is 6.06. The molecule has 4 atom stereocenters. The summed E-state index contributed by atoms with van der Waals surface area (Å²) >= 11 is 0. The Balaban J connectivity index is 2.01. The van der Waals surface area contributed by atoms with Gasteiger partial charge in [0.05, 0.1) is 0 Å². The monoisotopic (exact) mass is 122 g/mol. The maximum atomic E-state index is 2.51. The Kier molecular flexibility index (Phi) is 0.574. The fraction of sp³-hybridized carbons (Fsp3) is 1.00. The second-order valence-corrected chi connectivity index (χ2v) is 4.59. The van der Waals surface area contributed by atoms with Crippen LogP contribution in [0.15, 0.2) is 0 Å². The molecule has 0 saturated heterocycles. The first kappa shape index (κ1) is 4.76. The van der Waals surface area contributed by atoms with Gasteiger partial charge < -0.3 is 0 Å². The summed E-state index contributed by atoms with van der Waals surface area (Å²) in [6, 6.07) is 0. The summed E-state index contributed by atoms with van der Waals surface area (Å²) in [4.78, 5) is 0. The highest BCUT2D eigenvalue weighted by Crippen LogP contribution is 2.74. The van der Waals surface area contributed by atoms with Crippen LogP contribution in [0.4, 0.5) is 0 Å². The number of hydrogen-bond donors (Lipinski definition) is 0. The first-order chi connectivity index (χ1) is 4.31. The first-order valence-corrected chi connectivity index (χ1v) is 4.31. The van der Waals surface area contributed by atoms with E-state index < -0.39 is 0 Å². The molecule has 0 amide bonds. The van der Waals surface area contributed by atoms with Gasteiger partial charge in [0.2, 0.25) is 0 Å². The Morgan fingerprint density at radius 1 is 1.22 bits per heavy atom. The molecule has 0 radical (unpaired) electrons. The van der Waals surface area contributed by atoms with Crippen molar-refractivity contribution in [2.75, 3.05) is 0 Å². The minimum Gasteiger partial charge on any atom is -0.0591 e. The predicted octanol–water partition coefficient (Wildman–Crippen LogP) is 2.44. The number of hydrogen-bond acceptors (Lipinski definition) is 0. The molecule has 3 unspecified atom stereocenters. The van der Waals surface area contributed by atoms with Crippen molar-refractivity contribution in [1.29, 1.82) is 0 Å². The van der Waals surface area contributed by atoms with E-state index in [0.29, 0.717) is 0 Å². The van der Waals surface area contributed by atoms with Crippen molar-refractivity contribution < 1.29 is 0 Å². The molecular weight excluding hydrogens is 108 g/mol.